The number of hydrogen-bond donors (Lipinski definition) is 0. The van der Waals surface area contributed by atoms with Crippen molar-refractivity contribution in [1.82, 2.24) is 0 Å². The van der Waals surface area contributed by atoms with Crippen LogP contribution in [-0.2, 0) is 21.1 Å². The summed E-state index contributed by atoms with van der Waals surface area (Å²) in [6.07, 6.45) is 0.0605. The minimum Gasteiger partial charge on any atom is -0.497 e. The fourth-order valence-electron chi connectivity index (χ4n) is 3.78. The van der Waals surface area contributed by atoms with Crippen LogP contribution in [-0.4, -0.2) is 56.5 Å². The molecule has 2 aliphatic rings. The molecule has 2 atom stereocenters. The molecule has 0 radical (unpaired) electrons. The average Bonchev–Trinajstić information content (AvgIpc) is 3.19. The van der Waals surface area contributed by atoms with E-state index >= 15 is 0 Å². The predicted octanol–water partition coefficient (Wildman–Crippen LogP) is 3.20. The van der Waals surface area contributed by atoms with Crippen LogP contribution in [0, 0.1) is 0 Å². The Labute approximate surface area is 190 Å². The van der Waals surface area contributed by atoms with Gasteiger partial charge in [-0.05, 0) is 23.8 Å². The summed E-state index contributed by atoms with van der Waals surface area (Å²) in [6.45, 7) is 0. The minimum absolute atomic E-state index is 0.00241. The molecule has 10 heteroatoms. The van der Waals surface area contributed by atoms with Crippen molar-refractivity contribution in [3.63, 3.8) is 0 Å². The number of sulfone groups is 1. The maximum absolute atomic E-state index is 12.7. The number of amidine groups is 1. The van der Waals surface area contributed by atoms with E-state index in [1.165, 1.54) is 18.9 Å². The van der Waals surface area contributed by atoms with Crippen molar-refractivity contribution >= 4 is 50.0 Å². The second-order valence-corrected chi connectivity index (χ2v) is 11.0. The summed E-state index contributed by atoms with van der Waals surface area (Å²) in [7, 11) is -0.0832. The molecule has 2 aromatic rings. The Bertz CT molecular complexity index is 1150. The molecule has 2 heterocycles. The largest absolute Gasteiger partial charge is 0.497 e. The van der Waals surface area contributed by atoms with E-state index in [-0.39, 0.29) is 35.1 Å². The molecule has 0 aliphatic carbocycles. The van der Waals surface area contributed by atoms with E-state index in [4.69, 9.17) is 21.1 Å². The topological polar surface area (TPSA) is 85.3 Å². The third-order valence-corrected chi connectivity index (χ3v) is 8.81. The lowest BCUT2D eigenvalue weighted by Crippen LogP contribution is -2.38. The Balaban J connectivity index is 1.71. The number of methoxy groups -OCH3 is 2. The number of carbonyl (C=O) groups is 1. The van der Waals surface area contributed by atoms with Gasteiger partial charge in [0.15, 0.2) is 15.0 Å². The van der Waals surface area contributed by atoms with Gasteiger partial charge < -0.3 is 14.4 Å². The molecule has 2 aliphatic heterocycles. The maximum Gasteiger partial charge on any atom is 0.252 e. The molecule has 1 amide bonds. The number of nitrogens with zero attached hydrogens (tertiary/aromatic N) is 2. The Kier molecular flexibility index (Phi) is 6.18. The number of aliphatic imine (C=N–C) groups is 1. The predicted molar refractivity (Wildman–Crippen MR) is 123 cm³/mol. The molecule has 7 nitrogen and oxygen atoms in total. The van der Waals surface area contributed by atoms with Gasteiger partial charge in [0.25, 0.3) is 5.91 Å². The highest BCUT2D eigenvalue weighted by molar-refractivity contribution is 8.16. The van der Waals surface area contributed by atoms with Gasteiger partial charge in [-0.1, -0.05) is 41.6 Å². The van der Waals surface area contributed by atoms with Crippen LogP contribution in [0.3, 0.4) is 0 Å². The summed E-state index contributed by atoms with van der Waals surface area (Å²) >= 11 is 7.49. The van der Waals surface area contributed by atoms with Crippen LogP contribution in [0.25, 0.3) is 0 Å². The van der Waals surface area contributed by atoms with Gasteiger partial charge in [0.2, 0.25) is 0 Å². The molecule has 4 rings (SSSR count). The smallest absolute Gasteiger partial charge is 0.252 e. The highest BCUT2D eigenvalue weighted by Crippen LogP contribution is 2.44. The Morgan fingerprint density at radius 1 is 1.19 bits per heavy atom. The second kappa shape index (κ2) is 8.72. The molecule has 0 unspecified atom stereocenters. The van der Waals surface area contributed by atoms with Crippen LogP contribution >= 0.6 is 23.4 Å². The zero-order valence-electron chi connectivity index (χ0n) is 16.9. The molecule has 2 fully saturated rings. The number of thioether (sulfide) groups is 1. The molecular formula is C21H21ClN2O5S2. The van der Waals surface area contributed by atoms with Crippen molar-refractivity contribution in [2.75, 3.05) is 30.6 Å². The van der Waals surface area contributed by atoms with Crippen molar-refractivity contribution in [3.05, 3.63) is 53.1 Å². The molecule has 2 aromatic carbocycles. The highest BCUT2D eigenvalue weighted by Gasteiger charge is 2.50. The van der Waals surface area contributed by atoms with Crippen molar-refractivity contribution in [1.29, 1.82) is 0 Å². The number of ether oxygens (including phenoxy) is 2. The number of carbonyl (C=O) groups excluding carboxylic acids is 1. The van der Waals surface area contributed by atoms with Crippen LogP contribution in [0.4, 0.5) is 5.69 Å². The van der Waals surface area contributed by atoms with Gasteiger partial charge in [0.1, 0.15) is 11.5 Å². The van der Waals surface area contributed by atoms with Crippen LogP contribution in [0.15, 0.2) is 47.5 Å². The van der Waals surface area contributed by atoms with Gasteiger partial charge in [-0.2, -0.15) is 4.99 Å². The lowest BCUT2D eigenvalue weighted by atomic mass is 10.1. The first-order chi connectivity index (χ1) is 14.8. The molecule has 0 bridgehead atoms. The van der Waals surface area contributed by atoms with Crippen LogP contribution < -0.4 is 14.4 Å². The molecule has 0 N–H and O–H groups in total. The number of benzene rings is 2. The summed E-state index contributed by atoms with van der Waals surface area (Å²) in [5.74, 6) is 0.815. The zero-order valence-corrected chi connectivity index (χ0v) is 19.3. The third kappa shape index (κ3) is 4.53. The van der Waals surface area contributed by atoms with Crippen molar-refractivity contribution in [3.8, 4) is 11.5 Å². The summed E-state index contributed by atoms with van der Waals surface area (Å²) in [4.78, 5) is 18.9. The number of amides is 1. The van der Waals surface area contributed by atoms with Crippen LogP contribution in [0.1, 0.15) is 5.56 Å². The van der Waals surface area contributed by atoms with E-state index in [0.717, 1.165) is 0 Å². The lowest BCUT2D eigenvalue weighted by Gasteiger charge is -2.26. The molecule has 0 saturated carbocycles. The third-order valence-electron chi connectivity index (χ3n) is 5.23. The van der Waals surface area contributed by atoms with Gasteiger partial charge in [0, 0.05) is 16.3 Å². The summed E-state index contributed by atoms with van der Waals surface area (Å²) in [5.41, 5.74) is 1.34. The van der Waals surface area contributed by atoms with Gasteiger partial charge in [-0.3, -0.25) is 4.79 Å². The molecule has 0 spiro atoms. The van der Waals surface area contributed by atoms with Crippen molar-refractivity contribution < 1.29 is 22.7 Å². The van der Waals surface area contributed by atoms with Gasteiger partial charge in [-0.15, -0.1) is 0 Å². The number of hydrogen-bond acceptors (Lipinski definition) is 6. The zero-order chi connectivity index (χ0) is 22.2. The van der Waals surface area contributed by atoms with E-state index in [0.29, 0.717) is 32.9 Å². The van der Waals surface area contributed by atoms with Crippen molar-refractivity contribution in [2.45, 2.75) is 17.7 Å². The van der Waals surface area contributed by atoms with E-state index in [9.17, 15) is 13.2 Å². The molecular weight excluding hydrogens is 460 g/mol. The standard InChI is InChI=1S/C21H21ClN2O5S2/c1-28-14-7-8-16(18(10-14)29-2)24-17-11-31(26,27)12-19(17)30-21(24)23-20(25)9-13-5-3-4-6-15(13)22/h3-8,10,17,19H,9,11-12H2,1-2H3/t17-,19+/m0/s1. The first kappa shape index (κ1) is 22.0. The fraction of sp³-hybridized carbons (Fsp3) is 0.333. The average molecular weight is 481 g/mol. The number of rotatable bonds is 5. The second-order valence-electron chi connectivity index (χ2n) is 7.26. The van der Waals surface area contributed by atoms with E-state index in [2.05, 4.69) is 4.99 Å². The minimum atomic E-state index is -3.17. The Morgan fingerprint density at radius 2 is 1.97 bits per heavy atom. The van der Waals surface area contributed by atoms with Crippen molar-refractivity contribution in [2.24, 2.45) is 4.99 Å². The van der Waals surface area contributed by atoms with E-state index in [1.807, 2.05) is 11.0 Å². The Hall–Kier alpha value is -2.23. The maximum atomic E-state index is 12.7. The highest BCUT2D eigenvalue weighted by atomic mass is 35.5. The van der Waals surface area contributed by atoms with E-state index < -0.39 is 9.84 Å². The summed E-state index contributed by atoms with van der Waals surface area (Å²) < 4.78 is 35.3. The summed E-state index contributed by atoms with van der Waals surface area (Å²) in [5, 5.41) is 0.765. The van der Waals surface area contributed by atoms with Crippen LogP contribution in [0.5, 0.6) is 11.5 Å². The SMILES string of the molecule is COc1ccc(N2C(=NC(=O)Cc3ccccc3Cl)S[C@@H]3CS(=O)(=O)C[C@@H]32)c(OC)c1. The first-order valence-corrected chi connectivity index (χ1v) is 12.6. The van der Waals surface area contributed by atoms with Gasteiger partial charge in [0.05, 0.1) is 43.9 Å². The monoisotopic (exact) mass is 480 g/mol. The summed E-state index contributed by atoms with van der Waals surface area (Å²) in [6, 6.07) is 12.1. The van der Waals surface area contributed by atoms with Gasteiger partial charge >= 0.3 is 0 Å². The molecule has 31 heavy (non-hydrogen) atoms. The number of anilines is 1. The quantitative estimate of drug-likeness (QED) is 0.649. The lowest BCUT2D eigenvalue weighted by molar-refractivity contribution is -0.117. The number of halogens is 1. The molecule has 0 aromatic heterocycles. The molecule has 164 valence electrons. The van der Waals surface area contributed by atoms with Crippen LogP contribution in [0.2, 0.25) is 5.02 Å². The number of fused-ring (bicyclic) bond motifs is 1. The van der Waals surface area contributed by atoms with Gasteiger partial charge in [-0.25, -0.2) is 8.42 Å². The normalized spacial score (nSPS) is 23.1. The first-order valence-electron chi connectivity index (χ1n) is 9.54. The Morgan fingerprint density at radius 3 is 2.68 bits per heavy atom. The van der Waals surface area contributed by atoms with E-state index in [1.54, 1.807) is 43.5 Å². The fourth-order valence-corrected chi connectivity index (χ4v) is 7.91. The molecule has 2 saturated heterocycles.